The molecule has 1 fully saturated rings. The lowest BCUT2D eigenvalue weighted by molar-refractivity contribution is -0.160. The molecule has 2 aromatic carbocycles. The zero-order chi connectivity index (χ0) is 25.2. The number of aliphatic hydroxyl groups excluding tert-OH is 1. The van der Waals surface area contributed by atoms with E-state index in [-0.39, 0.29) is 42.2 Å². The van der Waals surface area contributed by atoms with Gasteiger partial charge in [0, 0.05) is 19.3 Å². The van der Waals surface area contributed by atoms with Gasteiger partial charge in [-0.1, -0.05) is 43.3 Å². The number of hydrogen-bond donors (Lipinski definition) is 1. The van der Waals surface area contributed by atoms with Gasteiger partial charge in [0.15, 0.2) is 0 Å². The van der Waals surface area contributed by atoms with Crippen LogP contribution < -0.4 is 9.05 Å². The van der Waals surface area contributed by atoms with Crippen LogP contribution in [0.5, 0.6) is 11.5 Å². The quantitative estimate of drug-likeness (QED) is 0.292. The molecule has 0 spiro atoms. The van der Waals surface area contributed by atoms with Crippen LogP contribution in [0.4, 0.5) is 0 Å². The number of fused-ring (bicyclic) bond motifs is 1. The molecule has 2 heterocycles. The van der Waals surface area contributed by atoms with E-state index in [1.807, 2.05) is 6.92 Å². The molecule has 0 aromatic heterocycles. The number of ether oxygens (including phenoxy) is 1. The molecule has 2 aliphatic heterocycles. The van der Waals surface area contributed by atoms with Crippen LogP contribution in [-0.4, -0.2) is 40.6 Å². The molecule has 0 bridgehead atoms. The monoisotopic (exact) mass is 501 g/mol. The van der Waals surface area contributed by atoms with E-state index in [1.165, 1.54) is 11.8 Å². The molecule has 2 aliphatic rings. The molecule has 1 amide bonds. The predicted molar refractivity (Wildman–Crippen MR) is 126 cm³/mol. The molecule has 10 heteroatoms. The average molecular weight is 501 g/mol. The fourth-order valence-corrected chi connectivity index (χ4v) is 5.86. The van der Waals surface area contributed by atoms with Crippen molar-refractivity contribution in [2.75, 3.05) is 6.61 Å². The Morgan fingerprint density at radius 2 is 1.57 bits per heavy atom. The highest BCUT2D eigenvalue weighted by molar-refractivity contribution is 7.49. The van der Waals surface area contributed by atoms with E-state index in [0.29, 0.717) is 5.70 Å². The number of carbonyl (C=O) groups excluding carboxylic acids is 2. The van der Waals surface area contributed by atoms with Crippen molar-refractivity contribution >= 4 is 19.7 Å². The first-order valence-corrected chi connectivity index (χ1v) is 12.8. The summed E-state index contributed by atoms with van der Waals surface area (Å²) in [6, 6.07) is 16.6. The van der Waals surface area contributed by atoms with E-state index in [2.05, 4.69) is 0 Å². The second kappa shape index (κ2) is 10.1. The van der Waals surface area contributed by atoms with Gasteiger partial charge in [-0.25, -0.2) is 0 Å². The maximum absolute atomic E-state index is 14.0. The molecule has 1 saturated heterocycles. The van der Waals surface area contributed by atoms with Crippen molar-refractivity contribution in [2.24, 2.45) is 11.8 Å². The highest BCUT2D eigenvalue weighted by Gasteiger charge is 2.60. The van der Waals surface area contributed by atoms with Crippen LogP contribution in [0.15, 0.2) is 72.1 Å². The summed E-state index contributed by atoms with van der Waals surface area (Å²) in [5.41, 5.74) is 0.430. The van der Waals surface area contributed by atoms with Gasteiger partial charge in [-0.2, -0.15) is 4.57 Å². The number of aliphatic hydroxyl groups is 1. The summed E-state index contributed by atoms with van der Waals surface area (Å²) in [7, 11) is -4.29. The van der Waals surface area contributed by atoms with Crippen molar-refractivity contribution in [1.82, 2.24) is 4.90 Å². The minimum atomic E-state index is -4.29. The Kier molecular flexibility index (Phi) is 7.19. The summed E-state index contributed by atoms with van der Waals surface area (Å²) in [4.78, 5) is 25.7. The van der Waals surface area contributed by atoms with Crippen molar-refractivity contribution in [3.63, 3.8) is 0 Å². The maximum atomic E-state index is 14.0. The van der Waals surface area contributed by atoms with E-state index in [1.54, 1.807) is 67.6 Å². The number of hydrogen-bond acceptors (Lipinski definition) is 8. The van der Waals surface area contributed by atoms with Crippen molar-refractivity contribution in [2.45, 2.75) is 39.3 Å². The summed E-state index contributed by atoms with van der Waals surface area (Å²) in [6.07, 6.45) is -0.710. The minimum Gasteiger partial charge on any atom is -0.465 e. The number of carbonyl (C=O) groups is 2. The Balaban J connectivity index is 1.69. The number of para-hydroxylation sites is 2. The zero-order valence-corrected chi connectivity index (χ0v) is 20.6. The third-order valence-electron chi connectivity index (χ3n) is 5.98. The second-order valence-corrected chi connectivity index (χ2v) is 9.94. The third-order valence-corrected chi connectivity index (χ3v) is 7.27. The molecular weight excluding hydrogens is 473 g/mol. The van der Waals surface area contributed by atoms with E-state index < -0.39 is 31.7 Å². The minimum absolute atomic E-state index is 0.00345. The Labute approximate surface area is 203 Å². The van der Waals surface area contributed by atoms with Gasteiger partial charge < -0.3 is 28.3 Å². The predicted octanol–water partition coefficient (Wildman–Crippen LogP) is 4.29. The molecule has 4 atom stereocenters. The first-order valence-electron chi connectivity index (χ1n) is 11.4. The molecular formula is C25H28NO8P. The molecule has 1 N–H and O–H groups in total. The van der Waals surface area contributed by atoms with Crippen LogP contribution in [0.25, 0.3) is 0 Å². The lowest BCUT2D eigenvalue weighted by atomic mass is 9.79. The number of β-lactam (4-membered cyclic amide) rings is 1. The highest BCUT2D eigenvalue weighted by atomic mass is 31.2. The largest absolute Gasteiger partial charge is 0.646 e. The second-order valence-electron chi connectivity index (χ2n) is 8.50. The smallest absolute Gasteiger partial charge is 0.465 e. The van der Waals surface area contributed by atoms with Gasteiger partial charge in [0.25, 0.3) is 0 Å². The maximum Gasteiger partial charge on any atom is 0.646 e. The first-order chi connectivity index (χ1) is 16.7. The summed E-state index contributed by atoms with van der Waals surface area (Å²) in [6.45, 7) is 4.68. The molecule has 0 unspecified atom stereocenters. The van der Waals surface area contributed by atoms with Crippen LogP contribution in [0.2, 0.25) is 0 Å². The topological polar surface area (TPSA) is 112 Å². The van der Waals surface area contributed by atoms with Gasteiger partial charge in [-0.3, -0.25) is 9.59 Å². The highest BCUT2D eigenvalue weighted by Crippen LogP contribution is 2.57. The summed E-state index contributed by atoms with van der Waals surface area (Å²) in [5.74, 6) is -0.963. The molecule has 9 nitrogen and oxygen atoms in total. The fourth-order valence-electron chi connectivity index (χ4n) is 4.48. The van der Waals surface area contributed by atoms with E-state index >= 15 is 0 Å². The number of phosphoric ester groups is 1. The lowest BCUT2D eigenvalue weighted by Gasteiger charge is -2.46. The number of rotatable bonds is 10. The van der Waals surface area contributed by atoms with Crippen molar-refractivity contribution in [3.8, 4) is 11.5 Å². The van der Waals surface area contributed by atoms with Crippen molar-refractivity contribution in [3.05, 3.63) is 72.1 Å². The van der Waals surface area contributed by atoms with E-state index in [9.17, 15) is 19.3 Å². The number of benzene rings is 2. The van der Waals surface area contributed by atoms with E-state index in [4.69, 9.17) is 18.3 Å². The first kappa shape index (κ1) is 24.8. The zero-order valence-electron chi connectivity index (χ0n) is 19.7. The molecule has 0 saturated carbocycles. The van der Waals surface area contributed by atoms with Crippen molar-refractivity contribution in [1.29, 1.82) is 0 Å². The lowest BCUT2D eigenvalue weighted by Crippen LogP contribution is -2.63. The van der Waals surface area contributed by atoms with Crippen LogP contribution in [0.1, 0.15) is 27.2 Å². The van der Waals surface area contributed by atoms with Crippen LogP contribution in [-0.2, 0) is 23.4 Å². The Morgan fingerprint density at radius 1 is 1.03 bits per heavy atom. The summed E-state index contributed by atoms with van der Waals surface area (Å²) < 4.78 is 36.5. The van der Waals surface area contributed by atoms with Crippen molar-refractivity contribution < 1.29 is 37.6 Å². The normalized spacial score (nSPS) is 22.2. The van der Waals surface area contributed by atoms with Gasteiger partial charge in [0.05, 0.1) is 30.4 Å². The van der Waals surface area contributed by atoms with Crippen LogP contribution in [0.3, 0.4) is 0 Å². The number of amides is 1. The fraction of sp³-hybridized carbons (Fsp3) is 0.360. The number of phosphoric acid groups is 1. The Hall–Kier alpha value is -3.29. The Bertz CT molecular complexity index is 1110. The molecule has 186 valence electrons. The average Bonchev–Trinajstić information content (AvgIpc) is 3.02. The number of nitrogens with zero attached hydrogens (tertiary/aromatic N) is 1. The third kappa shape index (κ3) is 5.21. The van der Waals surface area contributed by atoms with Crippen LogP contribution >= 0.6 is 7.82 Å². The summed E-state index contributed by atoms with van der Waals surface area (Å²) in [5, 5.41) is 10.2. The molecule has 0 aliphatic carbocycles. The van der Waals surface area contributed by atoms with Crippen LogP contribution in [0, 0.1) is 11.8 Å². The SMILES string of the molecule is CC(=O)OCCC1=C(OP(=O)(Oc2ccccc2)Oc2ccccc2)[C@H](C)[C@@H]2[C@@H]([C@@H](C)O)C(=O)N12. The summed E-state index contributed by atoms with van der Waals surface area (Å²) >= 11 is 0. The molecule has 35 heavy (non-hydrogen) atoms. The van der Waals surface area contributed by atoms with Gasteiger partial charge in [0.1, 0.15) is 17.3 Å². The molecule has 0 radical (unpaired) electrons. The number of esters is 1. The molecule has 4 rings (SSSR count). The van der Waals surface area contributed by atoms with Gasteiger partial charge >= 0.3 is 13.8 Å². The van der Waals surface area contributed by atoms with Gasteiger partial charge in [-0.05, 0) is 31.2 Å². The standard InChI is InChI=1S/C25H28NO8P/c1-16-23-22(17(2)27)25(29)26(23)21(14-15-31-18(3)28)24(16)34-35(30,32-19-10-6-4-7-11-19)33-20-12-8-5-9-13-20/h4-13,16-17,22-23,27H,14-15H2,1-3H3/t16-,17-,22-,23-/m1/s1. The Morgan fingerprint density at radius 3 is 2.06 bits per heavy atom. The van der Waals surface area contributed by atoms with Gasteiger partial charge in [0.2, 0.25) is 5.91 Å². The molecule has 2 aromatic rings. The van der Waals surface area contributed by atoms with E-state index in [0.717, 1.165) is 0 Å². The van der Waals surface area contributed by atoms with Gasteiger partial charge in [-0.15, -0.1) is 0 Å².